The largest absolute Gasteiger partial charge is 0.486 e. The van der Waals surface area contributed by atoms with Crippen LogP contribution in [0.4, 0.5) is 0 Å². The van der Waals surface area contributed by atoms with Crippen LogP contribution in [-0.2, 0) is 65.4 Å². The molecule has 0 atom stereocenters. The van der Waals surface area contributed by atoms with E-state index in [1.54, 1.807) is 0 Å². The first-order chi connectivity index (χ1) is 2.00. The molecule has 2 radical (unpaired) electrons. The zero-order valence-corrected chi connectivity index (χ0v) is 10.4. The number of nitrogens with two attached hydrogens (primary N) is 2. The summed E-state index contributed by atoms with van der Waals surface area (Å²) >= 11 is 0. The molecule has 0 aliphatic rings. The van der Waals surface area contributed by atoms with Gasteiger partial charge >= 0.3 is 0 Å². The number of rotatable bonds is 0. The topological polar surface area (TPSA) is 52.0 Å². The smallest absolute Gasteiger partial charge is 0 e. The van der Waals surface area contributed by atoms with Gasteiger partial charge in [-0.25, -0.2) is 0 Å². The average molecular weight is 253 g/mol. The van der Waals surface area contributed by atoms with Crippen molar-refractivity contribution >= 4 is 0 Å². The fourth-order valence-electron chi connectivity index (χ4n) is 0. The van der Waals surface area contributed by atoms with Gasteiger partial charge < -0.3 is 18.9 Å². The van der Waals surface area contributed by atoms with Crippen molar-refractivity contribution in [1.29, 1.82) is 0 Å². The normalized spacial score (nSPS) is 1.71. The van der Waals surface area contributed by atoms with Crippen LogP contribution in [0.15, 0.2) is 0 Å². The molecule has 7 heavy (non-hydrogen) atoms. The molecule has 2 nitrogen and oxygen atoms in total. The Morgan fingerprint density at radius 2 is 0.714 bits per heavy atom. The summed E-state index contributed by atoms with van der Waals surface area (Å²) in [6.07, 6.45) is 0. The van der Waals surface area contributed by atoms with Crippen molar-refractivity contribution in [2.24, 2.45) is 11.5 Å². The van der Waals surface area contributed by atoms with Crippen LogP contribution in [0.25, 0.3) is 0 Å². The molecule has 0 aromatic carbocycles. The van der Waals surface area contributed by atoms with Gasteiger partial charge in [0.15, 0.2) is 0 Å². The van der Waals surface area contributed by atoms with Crippen molar-refractivity contribution in [1.82, 2.24) is 0 Å². The van der Waals surface area contributed by atoms with Crippen LogP contribution in [0.5, 0.6) is 0 Å². The van der Waals surface area contributed by atoms with Crippen molar-refractivity contribution in [3.63, 3.8) is 0 Å². The van der Waals surface area contributed by atoms with Crippen molar-refractivity contribution in [2.75, 3.05) is 0 Å². The van der Waals surface area contributed by atoms with E-state index < -0.39 is 0 Å². The Morgan fingerprint density at radius 1 is 0.714 bits per heavy atom. The average Bonchev–Trinajstić information content (AvgIpc) is 1.50. The van der Waals surface area contributed by atoms with Gasteiger partial charge in [-0.3, -0.25) is 14.1 Å². The van der Waals surface area contributed by atoms with Crippen LogP contribution in [-0.4, -0.2) is 0 Å². The molecule has 0 unspecified atom stereocenters. The zero-order chi connectivity index (χ0) is 4.00. The molecule has 4 N–H and O–H groups in total. The van der Waals surface area contributed by atoms with E-state index in [1.807, 2.05) is 0 Å². The minimum Gasteiger partial charge on any atom is -0.486 e. The summed E-state index contributed by atoms with van der Waals surface area (Å²) in [5.74, 6) is 0. The summed E-state index contributed by atoms with van der Waals surface area (Å²) in [5, 5.41) is 0. The number of hydrogen-bond donors (Lipinski definition) is 2. The van der Waals surface area contributed by atoms with Gasteiger partial charge in [0, 0.05) is 65.4 Å². The van der Waals surface area contributed by atoms with E-state index in [0.717, 1.165) is 0 Å². The predicted molar refractivity (Wildman–Crippen MR) is 25.5 cm³/mol. The Hall–Kier alpha value is 2.13. The first-order valence-electron chi connectivity index (χ1n) is 0.816. The van der Waals surface area contributed by atoms with Gasteiger partial charge in [-0.05, 0) is 0 Å². The van der Waals surface area contributed by atoms with Gasteiger partial charge in [0.2, 0.25) is 0 Å². The van der Waals surface area contributed by atoms with E-state index in [0.29, 0.717) is 0 Å². The van der Waals surface area contributed by atoms with Gasteiger partial charge in [0.25, 0.3) is 0 Å². The molecule has 0 amide bonds. The second kappa shape index (κ2) is 91.2. The van der Waals surface area contributed by atoms with Gasteiger partial charge in [0.05, 0.1) is 0 Å². The molecule has 0 aromatic rings. The van der Waals surface area contributed by atoms with Crippen LogP contribution in [0.2, 0.25) is 0 Å². The summed E-state index contributed by atoms with van der Waals surface area (Å²) in [4.78, 5) is 0. The van der Waals surface area contributed by atoms with Gasteiger partial charge in [0.1, 0.15) is 0 Å². The fourth-order valence-corrected chi connectivity index (χ4v) is 0. The molecule has 0 spiro atoms. The molecule has 42 valence electrons. The van der Waals surface area contributed by atoms with Gasteiger partial charge in [-0.2, -0.15) is 0 Å². The van der Waals surface area contributed by atoms with Crippen molar-refractivity contribution in [2.45, 2.75) is 0 Å². The van der Waals surface area contributed by atoms with Gasteiger partial charge in [-0.15, -0.1) is 0 Å². The molecule has 0 fully saturated rings. The third-order valence-electron chi connectivity index (χ3n) is 0. The summed E-state index contributed by atoms with van der Waals surface area (Å²) in [7, 11) is 5.50. The van der Waals surface area contributed by atoms with Crippen LogP contribution in [0, 0.1) is 21.5 Å². The quantitative estimate of drug-likeness (QED) is 0.593. The first-order valence-corrected chi connectivity index (χ1v) is 0.816. The molecular weight excluding hydrogens is 242 g/mol. The van der Waals surface area contributed by atoms with E-state index in [-0.39, 0.29) is 72.8 Å². The third kappa shape index (κ3) is 67.4. The van der Waals surface area contributed by atoms with E-state index in [9.17, 15) is 0 Å². The minimum absolute atomic E-state index is 0. The molecule has 0 aliphatic heterocycles. The van der Waals surface area contributed by atoms with Crippen LogP contribution in [0.1, 0.15) is 0 Å². The van der Waals surface area contributed by atoms with E-state index in [4.69, 9.17) is 0 Å². The summed E-state index contributed by atoms with van der Waals surface area (Å²) in [5.41, 5.74) is 8.50. The second-order valence-electron chi connectivity index (χ2n) is 0. The molecular formula is C3H11N2Y2-3. The SMILES string of the molecule is [CH2-]N.[CH2-]N.[CH3-].[Y].[Y]. The van der Waals surface area contributed by atoms with Crippen molar-refractivity contribution in [3.8, 4) is 0 Å². The molecule has 0 rings (SSSR count). The fraction of sp³-hybridized carbons (Fsp3) is 0. The molecule has 0 aliphatic carbocycles. The maximum Gasteiger partial charge on any atom is 0 e. The van der Waals surface area contributed by atoms with Crippen molar-refractivity contribution < 1.29 is 65.4 Å². The van der Waals surface area contributed by atoms with Crippen LogP contribution < -0.4 is 11.5 Å². The Labute approximate surface area is 96.9 Å². The molecule has 0 aromatic heterocycles. The van der Waals surface area contributed by atoms with Crippen molar-refractivity contribution in [3.05, 3.63) is 21.5 Å². The standard InChI is InChI=1S/2CH4N.CH3.2Y/c2*1-2;;;/h2*1-2H2;1H3;;/q3*-1;;. The van der Waals surface area contributed by atoms with Gasteiger partial charge in [-0.1, -0.05) is 0 Å². The van der Waals surface area contributed by atoms with E-state index in [2.05, 4.69) is 25.6 Å². The molecule has 0 heterocycles. The Morgan fingerprint density at radius 3 is 0.714 bits per heavy atom. The maximum atomic E-state index is 4.25. The monoisotopic (exact) mass is 253 g/mol. The number of hydrogen-bond acceptors (Lipinski definition) is 2. The van der Waals surface area contributed by atoms with Crippen LogP contribution in [0.3, 0.4) is 0 Å². The molecule has 0 saturated heterocycles. The molecule has 0 saturated carbocycles. The minimum atomic E-state index is 0. The first kappa shape index (κ1) is 35.4. The Kier molecular flexibility index (Phi) is 461. The Bertz CT molecular complexity index is 10.9. The van der Waals surface area contributed by atoms with Crippen LogP contribution >= 0.6 is 0 Å². The zero-order valence-electron chi connectivity index (χ0n) is 4.72. The third-order valence-corrected chi connectivity index (χ3v) is 0. The summed E-state index contributed by atoms with van der Waals surface area (Å²) in [6, 6.07) is 0. The van der Waals surface area contributed by atoms with E-state index in [1.165, 1.54) is 0 Å². The molecule has 0 bridgehead atoms. The maximum absolute atomic E-state index is 4.25. The predicted octanol–water partition coefficient (Wildman–Crippen LogP) is -0.0813. The second-order valence-corrected chi connectivity index (χ2v) is 0. The molecule has 4 heteroatoms. The van der Waals surface area contributed by atoms with E-state index >= 15 is 0 Å². The summed E-state index contributed by atoms with van der Waals surface area (Å²) < 4.78 is 0. The Balaban J connectivity index is -0.00000000267. The summed E-state index contributed by atoms with van der Waals surface area (Å²) in [6.45, 7) is 0.